The van der Waals surface area contributed by atoms with E-state index in [1.807, 2.05) is 0 Å². The summed E-state index contributed by atoms with van der Waals surface area (Å²) in [7, 11) is 0. The molecule has 13 heteroatoms. The molecule has 0 bridgehead atoms. The third-order valence-corrected chi connectivity index (χ3v) is 4.98. The first kappa shape index (κ1) is 24.3. The van der Waals surface area contributed by atoms with Gasteiger partial charge in [-0.05, 0) is 30.3 Å². The van der Waals surface area contributed by atoms with E-state index in [0.717, 1.165) is 24.3 Å². The van der Waals surface area contributed by atoms with Crippen molar-refractivity contribution in [1.29, 1.82) is 0 Å². The lowest BCUT2D eigenvalue weighted by Gasteiger charge is -2.31. The van der Waals surface area contributed by atoms with E-state index >= 15 is 0 Å². The van der Waals surface area contributed by atoms with Gasteiger partial charge in [-0.25, -0.2) is 4.79 Å². The van der Waals surface area contributed by atoms with E-state index in [9.17, 15) is 32.9 Å². The number of morpholine rings is 1. The minimum Gasteiger partial charge on any atom is -0.452 e. The van der Waals surface area contributed by atoms with Gasteiger partial charge in [-0.1, -0.05) is 11.6 Å². The maximum Gasteiger partial charge on any atom is 0.416 e. The normalized spacial score (nSPS) is 14.0. The van der Waals surface area contributed by atoms with Gasteiger partial charge in [0.2, 0.25) is 0 Å². The molecule has 1 aliphatic rings. The predicted octanol–water partition coefficient (Wildman–Crippen LogP) is 3.90. The number of hydrogen-bond donors (Lipinski definition) is 1. The number of alkyl halides is 3. The summed E-state index contributed by atoms with van der Waals surface area (Å²) >= 11 is 5.69. The van der Waals surface area contributed by atoms with Crippen LogP contribution < -0.4 is 10.2 Å². The van der Waals surface area contributed by atoms with E-state index in [-0.39, 0.29) is 16.3 Å². The van der Waals surface area contributed by atoms with Crippen molar-refractivity contribution in [2.45, 2.75) is 6.18 Å². The van der Waals surface area contributed by atoms with Gasteiger partial charge in [0.1, 0.15) is 5.02 Å². The van der Waals surface area contributed by atoms with Crippen LogP contribution in [0.3, 0.4) is 0 Å². The molecule has 1 fully saturated rings. The zero-order valence-corrected chi connectivity index (χ0v) is 17.6. The van der Waals surface area contributed by atoms with Gasteiger partial charge in [-0.15, -0.1) is 0 Å². The lowest BCUT2D eigenvalue weighted by molar-refractivity contribution is -0.384. The van der Waals surface area contributed by atoms with E-state index in [4.69, 9.17) is 21.1 Å². The number of nitro groups is 1. The van der Waals surface area contributed by atoms with Gasteiger partial charge >= 0.3 is 12.1 Å². The Morgan fingerprint density at radius 2 is 1.88 bits per heavy atom. The number of ether oxygens (including phenoxy) is 2. The number of hydrogen-bond acceptors (Lipinski definition) is 7. The van der Waals surface area contributed by atoms with Gasteiger partial charge in [-0.3, -0.25) is 14.9 Å². The Labute approximate surface area is 190 Å². The molecule has 2 aromatic carbocycles. The van der Waals surface area contributed by atoms with Crippen molar-refractivity contribution in [3.05, 3.63) is 62.7 Å². The van der Waals surface area contributed by atoms with E-state index in [1.165, 1.54) is 12.1 Å². The van der Waals surface area contributed by atoms with E-state index in [2.05, 4.69) is 5.32 Å². The molecule has 1 amide bonds. The molecule has 0 atom stereocenters. The average molecular weight is 488 g/mol. The fraction of sp³-hybridized carbons (Fsp3) is 0.300. The van der Waals surface area contributed by atoms with Crippen LogP contribution in [0, 0.1) is 10.1 Å². The number of nitrogens with zero attached hydrogens (tertiary/aromatic N) is 2. The molecule has 0 unspecified atom stereocenters. The largest absolute Gasteiger partial charge is 0.452 e. The Morgan fingerprint density at radius 3 is 2.52 bits per heavy atom. The Balaban J connectivity index is 1.73. The highest BCUT2D eigenvalue weighted by molar-refractivity contribution is 6.32. The van der Waals surface area contributed by atoms with Crippen LogP contribution in [0.25, 0.3) is 0 Å². The molecule has 0 spiro atoms. The highest BCUT2D eigenvalue weighted by Crippen LogP contribution is 2.35. The molecule has 1 saturated heterocycles. The van der Waals surface area contributed by atoms with Crippen LogP contribution in [0.2, 0.25) is 5.02 Å². The summed E-state index contributed by atoms with van der Waals surface area (Å²) in [5.41, 5.74) is -1.43. The van der Waals surface area contributed by atoms with Gasteiger partial charge in [-0.2, -0.15) is 13.2 Å². The molecular formula is C20H17ClF3N3O6. The molecule has 0 saturated carbocycles. The third kappa shape index (κ3) is 6.11. The summed E-state index contributed by atoms with van der Waals surface area (Å²) in [6, 6.07) is 6.17. The minimum absolute atomic E-state index is 0.102. The summed E-state index contributed by atoms with van der Waals surface area (Å²) in [5.74, 6) is -1.93. The second-order valence-corrected chi connectivity index (χ2v) is 7.28. The Morgan fingerprint density at radius 1 is 1.18 bits per heavy atom. The second kappa shape index (κ2) is 10.0. The maximum absolute atomic E-state index is 13.2. The number of halogens is 4. The SMILES string of the molecule is O=C(COC(=O)c1ccc(Cl)c([N+](=O)[O-])c1)Nc1cc(C(F)(F)F)ccc1N1CCOCC1. The highest BCUT2D eigenvalue weighted by Gasteiger charge is 2.32. The first-order valence-corrected chi connectivity index (χ1v) is 9.89. The van der Waals surface area contributed by atoms with Crippen molar-refractivity contribution < 1.29 is 37.2 Å². The second-order valence-electron chi connectivity index (χ2n) is 6.88. The molecule has 2 aromatic rings. The van der Waals surface area contributed by atoms with E-state index in [0.29, 0.717) is 32.0 Å². The number of nitrogens with one attached hydrogen (secondary N) is 1. The van der Waals surface area contributed by atoms with Crippen molar-refractivity contribution in [3.8, 4) is 0 Å². The zero-order chi connectivity index (χ0) is 24.2. The quantitative estimate of drug-likeness (QED) is 0.373. The van der Waals surface area contributed by atoms with E-state index in [1.54, 1.807) is 4.90 Å². The van der Waals surface area contributed by atoms with Crippen LogP contribution in [-0.2, 0) is 20.4 Å². The molecule has 0 aromatic heterocycles. The standard InChI is InChI=1S/C20H17ClF3N3O6/c21-14-3-1-12(9-17(14)27(30)31)19(29)33-11-18(28)25-15-10-13(20(22,23)24)2-4-16(15)26-5-7-32-8-6-26/h1-4,9-10H,5-8,11H2,(H,25,28). The summed E-state index contributed by atoms with van der Waals surface area (Å²) < 4.78 is 49.6. The number of rotatable bonds is 6. The molecule has 0 radical (unpaired) electrons. The summed E-state index contributed by atoms with van der Waals surface area (Å²) in [6.45, 7) is 0.754. The molecule has 1 heterocycles. The lowest BCUT2D eigenvalue weighted by Crippen LogP contribution is -2.37. The highest BCUT2D eigenvalue weighted by atomic mass is 35.5. The topological polar surface area (TPSA) is 111 Å². The molecular weight excluding hydrogens is 471 g/mol. The predicted molar refractivity (Wildman–Crippen MR) is 111 cm³/mol. The first-order valence-electron chi connectivity index (χ1n) is 9.51. The van der Waals surface area contributed by atoms with Crippen molar-refractivity contribution in [2.24, 2.45) is 0 Å². The van der Waals surface area contributed by atoms with Gasteiger partial charge in [0.15, 0.2) is 6.61 Å². The van der Waals surface area contributed by atoms with Crippen LogP contribution in [0.5, 0.6) is 0 Å². The zero-order valence-electron chi connectivity index (χ0n) is 16.9. The van der Waals surface area contributed by atoms with Crippen LogP contribution in [0.4, 0.5) is 30.2 Å². The monoisotopic (exact) mass is 487 g/mol. The van der Waals surface area contributed by atoms with Gasteiger partial charge in [0.05, 0.1) is 40.6 Å². The Hall–Kier alpha value is -3.38. The third-order valence-electron chi connectivity index (χ3n) is 4.66. The fourth-order valence-corrected chi connectivity index (χ4v) is 3.26. The average Bonchev–Trinajstić information content (AvgIpc) is 2.77. The first-order chi connectivity index (χ1) is 15.6. The number of carbonyl (C=O) groups excluding carboxylic acids is 2. The molecule has 1 aliphatic heterocycles. The molecule has 33 heavy (non-hydrogen) atoms. The number of carbonyl (C=O) groups is 2. The summed E-state index contributed by atoms with van der Waals surface area (Å²) in [5, 5.41) is 13.1. The molecule has 0 aliphatic carbocycles. The number of esters is 1. The van der Waals surface area contributed by atoms with Gasteiger partial charge in [0, 0.05) is 19.2 Å². The summed E-state index contributed by atoms with van der Waals surface area (Å²) in [6.07, 6.45) is -4.63. The lowest BCUT2D eigenvalue weighted by atomic mass is 10.1. The van der Waals surface area contributed by atoms with Crippen molar-refractivity contribution >= 4 is 40.5 Å². The number of amides is 1. The van der Waals surface area contributed by atoms with Crippen LogP contribution >= 0.6 is 11.6 Å². The number of nitro benzene ring substituents is 1. The van der Waals surface area contributed by atoms with Crippen molar-refractivity contribution in [3.63, 3.8) is 0 Å². The van der Waals surface area contributed by atoms with Crippen LogP contribution in [0.1, 0.15) is 15.9 Å². The minimum atomic E-state index is -4.63. The number of benzene rings is 2. The van der Waals surface area contributed by atoms with Crippen molar-refractivity contribution in [1.82, 2.24) is 0 Å². The molecule has 9 nitrogen and oxygen atoms in total. The molecule has 3 rings (SSSR count). The van der Waals surface area contributed by atoms with Gasteiger partial charge < -0.3 is 19.7 Å². The Bertz CT molecular complexity index is 1070. The fourth-order valence-electron chi connectivity index (χ4n) is 3.07. The van der Waals surface area contributed by atoms with Crippen molar-refractivity contribution in [2.75, 3.05) is 43.1 Å². The van der Waals surface area contributed by atoms with E-state index < -0.39 is 40.8 Å². The molecule has 1 N–H and O–H groups in total. The summed E-state index contributed by atoms with van der Waals surface area (Å²) in [4.78, 5) is 36.4. The Kier molecular flexibility index (Phi) is 7.39. The van der Waals surface area contributed by atoms with Crippen LogP contribution in [0.15, 0.2) is 36.4 Å². The maximum atomic E-state index is 13.2. The van der Waals surface area contributed by atoms with Gasteiger partial charge in [0.25, 0.3) is 11.6 Å². The number of anilines is 2. The molecule has 176 valence electrons. The van der Waals surface area contributed by atoms with Crippen LogP contribution in [-0.4, -0.2) is 49.7 Å². The smallest absolute Gasteiger partial charge is 0.416 e.